The maximum Gasteiger partial charge on any atom is 0.223 e. The van der Waals surface area contributed by atoms with Gasteiger partial charge in [-0.05, 0) is 33.2 Å². The highest BCUT2D eigenvalue weighted by molar-refractivity contribution is 5.01. The lowest BCUT2D eigenvalue weighted by molar-refractivity contribution is -0.00227. The van der Waals surface area contributed by atoms with E-state index in [9.17, 15) is 0 Å². The number of aromatic nitrogens is 1. The molecule has 1 saturated heterocycles. The van der Waals surface area contributed by atoms with Crippen LogP contribution in [0.1, 0.15) is 50.0 Å². The molecule has 0 aromatic carbocycles. The third kappa shape index (κ3) is 2.38. The van der Waals surface area contributed by atoms with Crippen LogP contribution in [0, 0.1) is 0 Å². The van der Waals surface area contributed by atoms with Crippen LogP contribution in [0.15, 0.2) is 10.6 Å². The number of nitrogens with one attached hydrogen (secondary N) is 1. The van der Waals surface area contributed by atoms with Gasteiger partial charge in [0.2, 0.25) is 5.89 Å². The van der Waals surface area contributed by atoms with Gasteiger partial charge in [0.15, 0.2) is 0 Å². The molecule has 84 valence electrons. The molecule has 0 saturated carbocycles. The molecule has 2 heterocycles. The Morgan fingerprint density at radius 2 is 2.40 bits per heavy atom. The molecule has 1 aromatic rings. The van der Waals surface area contributed by atoms with Gasteiger partial charge in [0.25, 0.3) is 0 Å². The van der Waals surface area contributed by atoms with Crippen molar-refractivity contribution < 1.29 is 9.15 Å². The minimum Gasteiger partial charge on any atom is -0.441 e. The summed E-state index contributed by atoms with van der Waals surface area (Å²) < 4.78 is 11.3. The van der Waals surface area contributed by atoms with E-state index in [0.29, 0.717) is 0 Å². The van der Waals surface area contributed by atoms with Crippen molar-refractivity contribution in [2.45, 2.75) is 38.3 Å². The van der Waals surface area contributed by atoms with E-state index >= 15 is 0 Å². The highest BCUT2D eigenvalue weighted by Crippen LogP contribution is 2.28. The molecule has 15 heavy (non-hydrogen) atoms. The molecule has 0 bridgehead atoms. The van der Waals surface area contributed by atoms with Crippen LogP contribution in [0.5, 0.6) is 0 Å². The number of hydrogen-bond donors (Lipinski definition) is 1. The van der Waals surface area contributed by atoms with Crippen molar-refractivity contribution in [3.05, 3.63) is 17.8 Å². The van der Waals surface area contributed by atoms with Crippen molar-refractivity contribution in [3.63, 3.8) is 0 Å². The zero-order chi connectivity index (χ0) is 10.7. The van der Waals surface area contributed by atoms with Crippen LogP contribution in [-0.2, 0) is 4.74 Å². The molecule has 0 spiro atoms. The van der Waals surface area contributed by atoms with Crippen LogP contribution in [-0.4, -0.2) is 18.6 Å². The second kappa shape index (κ2) is 4.77. The lowest BCUT2D eigenvalue weighted by atomic mass is 10.1. The molecule has 0 radical (unpaired) electrons. The maximum atomic E-state index is 5.68. The highest BCUT2D eigenvalue weighted by Gasteiger charge is 2.21. The van der Waals surface area contributed by atoms with Crippen LogP contribution in [0.4, 0.5) is 0 Å². The Hall–Kier alpha value is -0.870. The molecular formula is C11H18N2O2. The van der Waals surface area contributed by atoms with Crippen molar-refractivity contribution in [2.24, 2.45) is 0 Å². The molecule has 0 amide bonds. The first kappa shape index (κ1) is 10.6. The number of hydrogen-bond acceptors (Lipinski definition) is 4. The summed E-state index contributed by atoms with van der Waals surface area (Å²) in [6, 6.07) is 0.204. The number of oxazole rings is 1. The quantitative estimate of drug-likeness (QED) is 0.830. The van der Waals surface area contributed by atoms with Gasteiger partial charge in [-0.2, -0.15) is 0 Å². The first-order chi connectivity index (χ1) is 7.31. The summed E-state index contributed by atoms with van der Waals surface area (Å²) in [6.45, 7) is 2.87. The van der Waals surface area contributed by atoms with Crippen molar-refractivity contribution in [2.75, 3.05) is 13.7 Å². The predicted molar refractivity (Wildman–Crippen MR) is 56.5 cm³/mol. The van der Waals surface area contributed by atoms with E-state index in [4.69, 9.17) is 9.15 Å². The maximum absolute atomic E-state index is 5.68. The van der Waals surface area contributed by atoms with Crippen molar-refractivity contribution >= 4 is 0 Å². The summed E-state index contributed by atoms with van der Waals surface area (Å²) in [6.07, 6.45) is 5.22. The third-order valence-electron chi connectivity index (χ3n) is 2.86. The smallest absolute Gasteiger partial charge is 0.223 e. The third-order valence-corrected chi connectivity index (χ3v) is 2.86. The van der Waals surface area contributed by atoms with Gasteiger partial charge in [0, 0.05) is 6.61 Å². The minimum atomic E-state index is 0.0663. The summed E-state index contributed by atoms with van der Waals surface area (Å²) in [5, 5.41) is 3.12. The standard InChI is InChI=1S/C11H18N2O2/c1-8(12-2)10-7-13-11(15-10)9-5-3-4-6-14-9/h7-9,12H,3-6H2,1-2H3. The second-order valence-electron chi connectivity index (χ2n) is 3.97. The molecule has 0 aliphatic carbocycles. The van der Waals surface area contributed by atoms with Crippen molar-refractivity contribution in [3.8, 4) is 0 Å². The van der Waals surface area contributed by atoms with Gasteiger partial charge in [-0.3, -0.25) is 0 Å². The molecule has 1 fully saturated rings. The molecule has 1 N–H and O–H groups in total. The van der Waals surface area contributed by atoms with E-state index < -0.39 is 0 Å². The van der Waals surface area contributed by atoms with Crippen LogP contribution >= 0.6 is 0 Å². The average Bonchev–Trinajstić information content (AvgIpc) is 2.78. The molecular weight excluding hydrogens is 192 g/mol. The lowest BCUT2D eigenvalue weighted by Crippen LogP contribution is -2.12. The van der Waals surface area contributed by atoms with Crippen LogP contribution in [0.3, 0.4) is 0 Å². The van der Waals surface area contributed by atoms with E-state index in [2.05, 4.69) is 10.3 Å². The second-order valence-corrected chi connectivity index (χ2v) is 3.97. The topological polar surface area (TPSA) is 47.3 Å². The van der Waals surface area contributed by atoms with E-state index in [-0.39, 0.29) is 12.1 Å². The molecule has 1 aromatic heterocycles. The summed E-state index contributed by atoms with van der Waals surface area (Å²) in [4.78, 5) is 4.28. The molecule has 4 nitrogen and oxygen atoms in total. The fourth-order valence-electron chi connectivity index (χ4n) is 1.73. The Kier molecular flexibility index (Phi) is 3.38. The Morgan fingerprint density at radius 1 is 1.53 bits per heavy atom. The summed E-state index contributed by atoms with van der Waals surface area (Å²) in [7, 11) is 1.91. The first-order valence-corrected chi connectivity index (χ1v) is 5.55. The normalized spacial score (nSPS) is 24.0. The molecule has 4 heteroatoms. The molecule has 1 aliphatic heterocycles. The number of rotatable bonds is 3. The van der Waals surface area contributed by atoms with Crippen LogP contribution in [0.2, 0.25) is 0 Å². The van der Waals surface area contributed by atoms with Gasteiger partial charge in [-0.25, -0.2) is 4.98 Å². The van der Waals surface area contributed by atoms with E-state index in [1.807, 2.05) is 14.0 Å². The summed E-state index contributed by atoms with van der Waals surface area (Å²) in [5.74, 6) is 1.61. The van der Waals surface area contributed by atoms with Gasteiger partial charge in [-0.1, -0.05) is 0 Å². The zero-order valence-electron chi connectivity index (χ0n) is 9.32. The Morgan fingerprint density at radius 3 is 3.07 bits per heavy atom. The van der Waals surface area contributed by atoms with Gasteiger partial charge in [-0.15, -0.1) is 0 Å². The molecule has 2 unspecified atom stereocenters. The first-order valence-electron chi connectivity index (χ1n) is 5.55. The minimum absolute atomic E-state index is 0.0663. The van der Waals surface area contributed by atoms with Gasteiger partial charge < -0.3 is 14.5 Å². The monoisotopic (exact) mass is 210 g/mol. The summed E-state index contributed by atoms with van der Waals surface area (Å²) in [5.41, 5.74) is 0. The van der Waals surface area contributed by atoms with Crippen molar-refractivity contribution in [1.82, 2.24) is 10.3 Å². The number of nitrogens with zero attached hydrogens (tertiary/aromatic N) is 1. The van der Waals surface area contributed by atoms with Crippen LogP contribution < -0.4 is 5.32 Å². The van der Waals surface area contributed by atoms with Crippen molar-refractivity contribution in [1.29, 1.82) is 0 Å². The Bertz CT molecular complexity index is 305. The summed E-state index contributed by atoms with van der Waals surface area (Å²) >= 11 is 0. The molecule has 2 rings (SSSR count). The Balaban J connectivity index is 2.05. The SMILES string of the molecule is CNC(C)c1cnc(C2CCCCO2)o1. The lowest BCUT2D eigenvalue weighted by Gasteiger charge is -2.19. The largest absolute Gasteiger partial charge is 0.441 e. The molecule has 1 aliphatic rings. The Labute approximate surface area is 90.0 Å². The van der Waals surface area contributed by atoms with Gasteiger partial charge in [0.05, 0.1) is 12.2 Å². The predicted octanol–water partition coefficient (Wildman–Crippen LogP) is 2.20. The fourth-order valence-corrected chi connectivity index (χ4v) is 1.73. The van der Waals surface area contributed by atoms with E-state index in [0.717, 1.165) is 31.1 Å². The zero-order valence-corrected chi connectivity index (χ0v) is 9.32. The average molecular weight is 210 g/mol. The van der Waals surface area contributed by atoms with Gasteiger partial charge >= 0.3 is 0 Å². The highest BCUT2D eigenvalue weighted by atomic mass is 16.5. The molecule has 2 atom stereocenters. The number of ether oxygens (including phenoxy) is 1. The fraction of sp³-hybridized carbons (Fsp3) is 0.727. The van der Waals surface area contributed by atoms with E-state index in [1.54, 1.807) is 6.20 Å². The van der Waals surface area contributed by atoms with Crippen LogP contribution in [0.25, 0.3) is 0 Å². The van der Waals surface area contributed by atoms with Gasteiger partial charge in [0.1, 0.15) is 11.9 Å². The van der Waals surface area contributed by atoms with E-state index in [1.165, 1.54) is 6.42 Å².